The van der Waals surface area contributed by atoms with E-state index in [1.165, 1.54) is 0 Å². The Labute approximate surface area is 96.6 Å². The van der Waals surface area contributed by atoms with Crippen molar-refractivity contribution in [3.8, 4) is 0 Å². The van der Waals surface area contributed by atoms with Crippen LogP contribution in [-0.4, -0.2) is 15.0 Å². The third kappa shape index (κ3) is 2.74. The second-order valence-electron chi connectivity index (χ2n) is 2.90. The van der Waals surface area contributed by atoms with E-state index < -0.39 is 0 Å². The molecule has 82 valence electrons. The first-order valence-corrected chi connectivity index (χ1v) is 5.41. The van der Waals surface area contributed by atoms with Gasteiger partial charge in [-0.25, -0.2) is 0 Å². The molecule has 1 aliphatic rings. The summed E-state index contributed by atoms with van der Waals surface area (Å²) in [6.07, 6.45) is 5.74. The molecule has 0 aliphatic carbocycles. The summed E-state index contributed by atoms with van der Waals surface area (Å²) in [5.74, 6) is 0.529. The van der Waals surface area contributed by atoms with Crippen molar-refractivity contribution in [1.82, 2.24) is 15.0 Å². The van der Waals surface area contributed by atoms with Crippen LogP contribution in [0.2, 0.25) is 0 Å². The van der Waals surface area contributed by atoms with Crippen LogP contribution in [-0.2, 0) is 0 Å². The molecular weight excluding hydrogens is 224 g/mol. The van der Waals surface area contributed by atoms with Gasteiger partial charge in [0.15, 0.2) is 0 Å². The Morgan fingerprint density at radius 2 is 1.81 bits per heavy atom. The zero-order valence-electron chi connectivity index (χ0n) is 8.29. The second kappa shape index (κ2) is 4.67. The molecule has 16 heavy (non-hydrogen) atoms. The number of allylic oxidation sites excluding steroid dienone is 3. The molecule has 6 nitrogen and oxygen atoms in total. The number of thioether (sulfide) groups is 1. The fraction of sp³-hybridized carbons (Fsp3) is 0. The number of aromatic nitrogens is 3. The molecule has 0 saturated heterocycles. The molecule has 0 amide bonds. The van der Waals surface area contributed by atoms with Crippen molar-refractivity contribution in [3.63, 3.8) is 0 Å². The lowest BCUT2D eigenvalue weighted by Crippen LogP contribution is -2.08. The fourth-order valence-electron chi connectivity index (χ4n) is 1.07. The van der Waals surface area contributed by atoms with Crippen molar-refractivity contribution in [2.75, 3.05) is 16.8 Å². The van der Waals surface area contributed by atoms with E-state index in [4.69, 9.17) is 11.5 Å². The first-order valence-electron chi connectivity index (χ1n) is 4.47. The van der Waals surface area contributed by atoms with Crippen molar-refractivity contribution in [3.05, 3.63) is 34.7 Å². The van der Waals surface area contributed by atoms with Gasteiger partial charge in [-0.1, -0.05) is 12.2 Å². The lowest BCUT2D eigenvalue weighted by atomic mass is 10.4. The van der Waals surface area contributed by atoms with Gasteiger partial charge < -0.3 is 16.8 Å². The minimum absolute atomic E-state index is 0.0963. The highest BCUT2D eigenvalue weighted by atomic mass is 32.2. The van der Waals surface area contributed by atoms with Crippen molar-refractivity contribution >= 4 is 29.6 Å². The zero-order valence-corrected chi connectivity index (χ0v) is 9.11. The predicted molar refractivity (Wildman–Crippen MR) is 66.2 cm³/mol. The van der Waals surface area contributed by atoms with Crippen molar-refractivity contribution in [1.29, 1.82) is 0 Å². The summed E-state index contributed by atoms with van der Waals surface area (Å²) in [4.78, 5) is 11.5. The maximum Gasteiger partial charge on any atom is 0.233 e. The molecule has 0 saturated carbocycles. The van der Waals surface area contributed by atoms with Gasteiger partial charge in [0.25, 0.3) is 0 Å². The SMILES string of the molecule is Nc1nc(N)nc(NC2=CSC=CC=C2)n1. The van der Waals surface area contributed by atoms with Crippen LogP contribution in [0, 0.1) is 0 Å². The summed E-state index contributed by atoms with van der Waals surface area (Å²) in [6.45, 7) is 0. The summed E-state index contributed by atoms with van der Waals surface area (Å²) >= 11 is 1.55. The molecule has 1 aliphatic heterocycles. The smallest absolute Gasteiger partial charge is 0.233 e. The van der Waals surface area contributed by atoms with E-state index in [0.29, 0.717) is 5.95 Å². The van der Waals surface area contributed by atoms with Gasteiger partial charge in [0, 0.05) is 5.70 Å². The van der Waals surface area contributed by atoms with E-state index in [1.807, 2.05) is 29.0 Å². The van der Waals surface area contributed by atoms with Crippen LogP contribution < -0.4 is 16.8 Å². The molecular formula is C9H10N6S. The molecule has 0 fully saturated rings. The van der Waals surface area contributed by atoms with Gasteiger partial charge >= 0.3 is 0 Å². The number of nitrogens with zero attached hydrogens (tertiary/aromatic N) is 3. The van der Waals surface area contributed by atoms with E-state index in [2.05, 4.69) is 20.3 Å². The van der Waals surface area contributed by atoms with E-state index in [1.54, 1.807) is 11.8 Å². The number of hydrogen-bond donors (Lipinski definition) is 3. The normalized spacial score (nSPS) is 14.4. The monoisotopic (exact) mass is 234 g/mol. The van der Waals surface area contributed by atoms with Crippen molar-refractivity contribution < 1.29 is 0 Å². The Hall–Kier alpha value is -2.02. The molecule has 5 N–H and O–H groups in total. The molecule has 1 aromatic heterocycles. The highest BCUT2D eigenvalue weighted by Gasteiger charge is 2.02. The molecule has 7 heteroatoms. The summed E-state index contributed by atoms with van der Waals surface area (Å²) in [5, 5.41) is 6.88. The Morgan fingerprint density at radius 3 is 2.56 bits per heavy atom. The first kappa shape index (κ1) is 10.5. The molecule has 0 bridgehead atoms. The van der Waals surface area contributed by atoms with Gasteiger partial charge in [-0.2, -0.15) is 15.0 Å². The van der Waals surface area contributed by atoms with E-state index >= 15 is 0 Å². The predicted octanol–water partition coefficient (Wildman–Crippen LogP) is 1.11. The number of nitrogens with one attached hydrogen (secondary N) is 1. The van der Waals surface area contributed by atoms with E-state index in [9.17, 15) is 0 Å². The zero-order chi connectivity index (χ0) is 11.4. The molecule has 0 unspecified atom stereocenters. The fourth-order valence-corrected chi connectivity index (χ4v) is 1.61. The van der Waals surface area contributed by atoms with Crippen LogP contribution in [0.15, 0.2) is 34.7 Å². The highest BCUT2D eigenvalue weighted by Crippen LogP contribution is 2.15. The average molecular weight is 234 g/mol. The molecule has 2 heterocycles. The van der Waals surface area contributed by atoms with Crippen LogP contribution >= 0.6 is 11.8 Å². The van der Waals surface area contributed by atoms with Gasteiger partial charge in [-0.05, 0) is 16.9 Å². The number of nitrogens with two attached hydrogens (primary N) is 2. The van der Waals surface area contributed by atoms with Crippen LogP contribution in [0.3, 0.4) is 0 Å². The van der Waals surface area contributed by atoms with Gasteiger partial charge in [-0.15, -0.1) is 11.8 Å². The summed E-state index contributed by atoms with van der Waals surface area (Å²) in [7, 11) is 0. The Morgan fingerprint density at radius 1 is 1.06 bits per heavy atom. The number of nitrogen functional groups attached to an aromatic ring is 2. The van der Waals surface area contributed by atoms with Gasteiger partial charge in [-0.3, -0.25) is 0 Å². The van der Waals surface area contributed by atoms with Crippen LogP contribution in [0.5, 0.6) is 0 Å². The second-order valence-corrected chi connectivity index (χ2v) is 3.68. The Bertz CT molecular complexity index is 459. The largest absolute Gasteiger partial charge is 0.368 e. The van der Waals surface area contributed by atoms with E-state index in [0.717, 1.165) is 5.70 Å². The maximum atomic E-state index is 5.46. The average Bonchev–Trinajstić information content (AvgIpc) is 2.44. The molecule has 1 aromatic rings. The van der Waals surface area contributed by atoms with Crippen molar-refractivity contribution in [2.45, 2.75) is 0 Å². The van der Waals surface area contributed by atoms with Crippen molar-refractivity contribution in [2.24, 2.45) is 0 Å². The lowest BCUT2D eigenvalue weighted by Gasteiger charge is -2.05. The topological polar surface area (TPSA) is 103 Å². The minimum Gasteiger partial charge on any atom is -0.368 e. The van der Waals surface area contributed by atoms with Gasteiger partial charge in [0.2, 0.25) is 17.8 Å². The summed E-state index contributed by atoms with van der Waals surface area (Å²) in [5.41, 5.74) is 11.8. The quantitative estimate of drug-likeness (QED) is 0.704. The Kier molecular flexibility index (Phi) is 3.06. The molecule has 2 rings (SSSR count). The highest BCUT2D eigenvalue weighted by molar-refractivity contribution is 8.04. The van der Waals surface area contributed by atoms with Crippen LogP contribution in [0.4, 0.5) is 17.8 Å². The third-order valence-corrected chi connectivity index (χ3v) is 2.37. The number of anilines is 3. The third-order valence-electron chi connectivity index (χ3n) is 1.67. The van der Waals surface area contributed by atoms with Crippen LogP contribution in [0.1, 0.15) is 0 Å². The maximum absolute atomic E-state index is 5.46. The number of hydrogen-bond acceptors (Lipinski definition) is 7. The minimum atomic E-state index is 0.0963. The van der Waals surface area contributed by atoms with Gasteiger partial charge in [0.1, 0.15) is 0 Å². The molecule has 0 radical (unpaired) electrons. The van der Waals surface area contributed by atoms with Gasteiger partial charge in [0.05, 0.1) is 0 Å². The number of rotatable bonds is 2. The lowest BCUT2D eigenvalue weighted by molar-refractivity contribution is 1.08. The molecule has 0 aromatic carbocycles. The van der Waals surface area contributed by atoms with Crippen LogP contribution in [0.25, 0.3) is 0 Å². The summed E-state index contributed by atoms with van der Waals surface area (Å²) < 4.78 is 0. The van der Waals surface area contributed by atoms with E-state index in [-0.39, 0.29) is 11.9 Å². The summed E-state index contributed by atoms with van der Waals surface area (Å²) in [6, 6.07) is 0. The standard InChI is InChI=1S/C9H10N6S/c10-7-13-8(11)15-9(14-7)12-6-3-1-2-4-16-5-6/h1-5H,(H5,10,11,12,13,14,15). The Balaban J connectivity index is 2.17. The first-order chi connectivity index (χ1) is 7.74. The molecule has 0 atom stereocenters. The molecule has 0 spiro atoms.